The van der Waals surface area contributed by atoms with Gasteiger partial charge in [0.2, 0.25) is 0 Å². The number of rotatable bonds is 9. The normalized spacial score (nSPS) is 11.9. The van der Waals surface area contributed by atoms with E-state index in [0.717, 1.165) is 40.6 Å². The predicted octanol–water partition coefficient (Wildman–Crippen LogP) is 6.66. The summed E-state index contributed by atoms with van der Waals surface area (Å²) >= 11 is 6.17. The number of ether oxygens (including phenoxy) is 2. The molecule has 0 bridgehead atoms. The van der Waals surface area contributed by atoms with Crippen LogP contribution in [0, 0.1) is 0 Å². The third kappa shape index (κ3) is 6.13. The van der Waals surface area contributed by atoms with Gasteiger partial charge < -0.3 is 14.4 Å². The van der Waals surface area contributed by atoms with Crippen LogP contribution in [0.1, 0.15) is 30.0 Å². The highest BCUT2D eigenvalue weighted by atomic mass is 35.5. The van der Waals surface area contributed by atoms with Gasteiger partial charge in [0.05, 0.1) is 7.11 Å². The number of hydrogen-bond donors (Lipinski definition) is 0. The zero-order chi connectivity index (χ0) is 22.2. The summed E-state index contributed by atoms with van der Waals surface area (Å²) in [5.74, 6) is 1.73. The van der Waals surface area contributed by atoms with Crippen LogP contribution in [0.25, 0.3) is 11.1 Å². The number of likely N-dealkylation sites (N-methyl/N-ethyl adjacent to an activating group) is 1. The zero-order valence-corrected chi connectivity index (χ0v) is 19.4. The molecule has 0 aliphatic rings. The maximum Gasteiger partial charge on any atom is 0.119 e. The van der Waals surface area contributed by atoms with Crippen LogP contribution in [-0.2, 0) is 0 Å². The van der Waals surface area contributed by atoms with E-state index in [9.17, 15) is 0 Å². The largest absolute Gasteiger partial charge is 0.497 e. The first kappa shape index (κ1) is 22.9. The van der Waals surface area contributed by atoms with Crippen molar-refractivity contribution in [2.75, 3.05) is 34.4 Å². The summed E-state index contributed by atoms with van der Waals surface area (Å²) in [5.41, 5.74) is 5.93. The summed E-state index contributed by atoms with van der Waals surface area (Å²) < 4.78 is 11.2. The van der Waals surface area contributed by atoms with Gasteiger partial charge >= 0.3 is 0 Å². The monoisotopic (exact) mass is 435 g/mol. The topological polar surface area (TPSA) is 21.7 Å². The molecule has 3 nitrogen and oxygen atoms in total. The van der Waals surface area contributed by atoms with Gasteiger partial charge in [-0.1, -0.05) is 54.9 Å². The number of halogens is 1. The van der Waals surface area contributed by atoms with Crippen molar-refractivity contribution in [1.82, 2.24) is 4.90 Å². The minimum atomic E-state index is 0.665. The molecule has 0 spiro atoms. The maximum atomic E-state index is 6.17. The minimum absolute atomic E-state index is 0.665. The van der Waals surface area contributed by atoms with E-state index in [1.54, 1.807) is 7.11 Å². The van der Waals surface area contributed by atoms with Crippen molar-refractivity contribution in [2.24, 2.45) is 0 Å². The van der Waals surface area contributed by atoms with Gasteiger partial charge in [-0.05, 0) is 84.8 Å². The summed E-state index contributed by atoms with van der Waals surface area (Å²) in [6.45, 7) is 3.74. The molecule has 0 aliphatic heterocycles. The highest BCUT2D eigenvalue weighted by molar-refractivity contribution is 6.30. The van der Waals surface area contributed by atoms with Gasteiger partial charge in [-0.15, -0.1) is 0 Å². The van der Waals surface area contributed by atoms with Crippen molar-refractivity contribution in [3.05, 3.63) is 94.5 Å². The van der Waals surface area contributed by atoms with Gasteiger partial charge in [0.25, 0.3) is 0 Å². The lowest BCUT2D eigenvalue weighted by atomic mass is 9.88. The Balaban J connectivity index is 2.03. The molecule has 0 fully saturated rings. The average Bonchev–Trinajstić information content (AvgIpc) is 2.79. The van der Waals surface area contributed by atoms with E-state index in [4.69, 9.17) is 21.1 Å². The van der Waals surface area contributed by atoms with Gasteiger partial charge in [-0.25, -0.2) is 0 Å². The Bertz CT molecular complexity index is 991. The zero-order valence-electron chi connectivity index (χ0n) is 18.7. The van der Waals surface area contributed by atoms with Gasteiger partial charge in [0.1, 0.15) is 18.1 Å². The number of hydrogen-bond acceptors (Lipinski definition) is 3. The van der Waals surface area contributed by atoms with Crippen LogP contribution in [0.15, 0.2) is 72.8 Å². The van der Waals surface area contributed by atoms with Crippen LogP contribution in [0.3, 0.4) is 0 Å². The summed E-state index contributed by atoms with van der Waals surface area (Å²) in [6.07, 6.45) is 0.894. The first-order valence-corrected chi connectivity index (χ1v) is 10.9. The van der Waals surface area contributed by atoms with E-state index in [1.807, 2.05) is 50.5 Å². The smallest absolute Gasteiger partial charge is 0.119 e. The SMILES string of the molecule is CC/C(=C(/c1ccc(Cl)cc1)c1ccc(OCCN(C)C)cc1)c1ccc(OC)cc1. The molecule has 3 rings (SSSR count). The molecule has 0 radical (unpaired) electrons. The van der Waals surface area contributed by atoms with Crippen molar-refractivity contribution >= 4 is 22.7 Å². The number of nitrogens with zero attached hydrogens (tertiary/aromatic N) is 1. The molecule has 3 aromatic rings. The Morgan fingerprint density at radius 2 is 1.29 bits per heavy atom. The van der Waals surface area contributed by atoms with Crippen LogP contribution in [-0.4, -0.2) is 39.3 Å². The molecule has 31 heavy (non-hydrogen) atoms. The Morgan fingerprint density at radius 1 is 0.774 bits per heavy atom. The minimum Gasteiger partial charge on any atom is -0.497 e. The van der Waals surface area contributed by atoms with Gasteiger partial charge in [0, 0.05) is 11.6 Å². The second-order valence-electron chi connectivity index (χ2n) is 7.62. The summed E-state index contributed by atoms with van der Waals surface area (Å²) in [5, 5.41) is 0.732. The van der Waals surface area contributed by atoms with Gasteiger partial charge in [0.15, 0.2) is 0 Å². The maximum absolute atomic E-state index is 6.17. The van der Waals surface area contributed by atoms with Crippen molar-refractivity contribution in [1.29, 1.82) is 0 Å². The molecule has 3 aromatic carbocycles. The molecule has 0 aliphatic carbocycles. The highest BCUT2D eigenvalue weighted by Crippen LogP contribution is 2.36. The van der Waals surface area contributed by atoms with E-state index in [-0.39, 0.29) is 0 Å². The third-order valence-corrected chi connectivity index (χ3v) is 5.43. The van der Waals surface area contributed by atoms with Crippen LogP contribution in [0.4, 0.5) is 0 Å². The summed E-state index contributed by atoms with van der Waals surface area (Å²) in [6, 6.07) is 24.6. The fourth-order valence-electron chi connectivity index (χ4n) is 3.51. The Hall–Kier alpha value is -2.75. The number of allylic oxidation sites excluding steroid dienone is 1. The van der Waals surface area contributed by atoms with Gasteiger partial charge in [-0.3, -0.25) is 0 Å². The third-order valence-electron chi connectivity index (χ3n) is 5.18. The molecule has 0 aromatic heterocycles. The van der Waals surface area contributed by atoms with Crippen LogP contribution >= 0.6 is 11.6 Å². The molecule has 0 amide bonds. The Labute approximate surface area is 190 Å². The molecule has 0 heterocycles. The fourth-order valence-corrected chi connectivity index (χ4v) is 3.64. The molecule has 162 valence electrons. The quantitative estimate of drug-likeness (QED) is 0.351. The molecule has 0 saturated carbocycles. The van der Waals surface area contributed by atoms with E-state index in [1.165, 1.54) is 16.7 Å². The molecule has 4 heteroatoms. The van der Waals surface area contributed by atoms with E-state index in [2.05, 4.69) is 48.2 Å². The summed E-state index contributed by atoms with van der Waals surface area (Å²) in [4.78, 5) is 2.11. The second-order valence-corrected chi connectivity index (χ2v) is 8.06. The van der Waals surface area contributed by atoms with Crippen LogP contribution in [0.5, 0.6) is 11.5 Å². The highest BCUT2D eigenvalue weighted by Gasteiger charge is 2.14. The predicted molar refractivity (Wildman–Crippen MR) is 131 cm³/mol. The average molecular weight is 436 g/mol. The Kier molecular flexibility index (Phi) is 8.16. The lowest BCUT2D eigenvalue weighted by Gasteiger charge is -2.17. The number of benzene rings is 3. The molecule has 0 unspecified atom stereocenters. The Morgan fingerprint density at radius 3 is 1.81 bits per heavy atom. The van der Waals surface area contributed by atoms with E-state index < -0.39 is 0 Å². The van der Waals surface area contributed by atoms with Gasteiger partial charge in [-0.2, -0.15) is 0 Å². The second kappa shape index (κ2) is 11.0. The summed E-state index contributed by atoms with van der Waals surface area (Å²) in [7, 11) is 5.77. The number of methoxy groups -OCH3 is 1. The molecular weight excluding hydrogens is 406 g/mol. The lowest BCUT2D eigenvalue weighted by molar-refractivity contribution is 0.261. The molecule has 0 atom stereocenters. The molecular formula is C27H30ClNO2. The van der Waals surface area contributed by atoms with Crippen LogP contribution < -0.4 is 9.47 Å². The molecule has 0 N–H and O–H groups in total. The van der Waals surface area contributed by atoms with Crippen molar-refractivity contribution in [3.8, 4) is 11.5 Å². The lowest BCUT2D eigenvalue weighted by Crippen LogP contribution is -2.19. The van der Waals surface area contributed by atoms with E-state index >= 15 is 0 Å². The molecule has 0 saturated heterocycles. The first-order valence-electron chi connectivity index (χ1n) is 10.5. The van der Waals surface area contributed by atoms with E-state index in [0.29, 0.717) is 6.61 Å². The standard InChI is InChI=1S/C27H30ClNO2/c1-5-26(20-8-14-24(30-4)15-9-20)27(21-6-12-23(28)13-7-21)22-10-16-25(17-11-22)31-19-18-29(2)3/h6-17H,5,18-19H2,1-4H3/b27-26+. The van der Waals surface area contributed by atoms with Crippen molar-refractivity contribution < 1.29 is 9.47 Å². The first-order chi connectivity index (χ1) is 15.0. The van der Waals surface area contributed by atoms with Crippen LogP contribution in [0.2, 0.25) is 5.02 Å². The fraction of sp³-hybridized carbons (Fsp3) is 0.259. The van der Waals surface area contributed by atoms with Crippen molar-refractivity contribution in [3.63, 3.8) is 0 Å². The van der Waals surface area contributed by atoms with Crippen molar-refractivity contribution in [2.45, 2.75) is 13.3 Å².